The maximum atomic E-state index is 2.59. The Bertz CT molecular complexity index is 185. The van der Waals surface area contributed by atoms with Gasteiger partial charge in [-0.2, -0.15) is 11.8 Å². The van der Waals surface area contributed by atoms with E-state index in [9.17, 15) is 0 Å². The average Bonchev–Trinajstić information content (AvgIpc) is 2.49. The largest absolute Gasteiger partial charge is 0.303 e. The number of hydrogen-bond acceptors (Lipinski definition) is 2. The number of rotatable bonds is 3. The predicted octanol–water partition coefficient (Wildman–Crippen LogP) is 2.47. The Hall–Kier alpha value is 0.310. The number of hydrogen-bond donors (Lipinski definition) is 0. The van der Waals surface area contributed by atoms with E-state index in [0.717, 1.165) is 12.0 Å². The molecule has 0 aromatic rings. The first-order chi connectivity index (χ1) is 6.09. The molecule has 13 heavy (non-hydrogen) atoms. The van der Waals surface area contributed by atoms with Gasteiger partial charge in [-0.1, -0.05) is 13.8 Å². The molecule has 2 heteroatoms. The Kier molecular flexibility index (Phi) is 2.63. The summed E-state index contributed by atoms with van der Waals surface area (Å²) in [6.07, 6.45) is 2.85. The highest BCUT2D eigenvalue weighted by molar-refractivity contribution is 7.99. The van der Waals surface area contributed by atoms with E-state index < -0.39 is 0 Å². The minimum Gasteiger partial charge on any atom is -0.303 e. The van der Waals surface area contributed by atoms with Gasteiger partial charge < -0.3 is 4.90 Å². The summed E-state index contributed by atoms with van der Waals surface area (Å²) in [4.78, 5) is 2.59. The van der Waals surface area contributed by atoms with Crippen molar-refractivity contribution < 1.29 is 0 Å². The fourth-order valence-electron chi connectivity index (χ4n) is 2.45. The molecule has 0 bridgehead atoms. The summed E-state index contributed by atoms with van der Waals surface area (Å²) in [6, 6.07) is 0.873. The van der Waals surface area contributed by atoms with Crippen LogP contribution in [0.4, 0.5) is 0 Å². The van der Waals surface area contributed by atoms with Gasteiger partial charge in [0.15, 0.2) is 0 Å². The zero-order valence-electron chi connectivity index (χ0n) is 9.05. The first-order valence-corrected chi connectivity index (χ1v) is 6.53. The molecule has 0 spiro atoms. The van der Waals surface area contributed by atoms with Gasteiger partial charge in [0, 0.05) is 12.6 Å². The van der Waals surface area contributed by atoms with Gasteiger partial charge >= 0.3 is 0 Å². The maximum Gasteiger partial charge on any atom is 0.0150 e. The lowest BCUT2D eigenvalue weighted by Gasteiger charge is -2.21. The number of nitrogens with zero attached hydrogens (tertiary/aromatic N) is 1. The summed E-state index contributed by atoms with van der Waals surface area (Å²) in [5.41, 5.74) is 0.612. The van der Waals surface area contributed by atoms with Crippen molar-refractivity contribution in [1.82, 2.24) is 4.90 Å². The van der Waals surface area contributed by atoms with E-state index in [1.165, 1.54) is 30.9 Å². The van der Waals surface area contributed by atoms with Crippen molar-refractivity contribution in [2.24, 2.45) is 11.3 Å². The van der Waals surface area contributed by atoms with Gasteiger partial charge in [0.2, 0.25) is 0 Å². The first-order valence-electron chi connectivity index (χ1n) is 5.37. The minimum absolute atomic E-state index is 0.612. The molecular formula is C11H21NS. The Morgan fingerprint density at radius 1 is 1.46 bits per heavy atom. The minimum atomic E-state index is 0.612. The molecule has 0 amide bonds. The van der Waals surface area contributed by atoms with Crippen LogP contribution in [0.15, 0.2) is 0 Å². The number of thioether (sulfide) groups is 1. The molecule has 2 rings (SSSR count). The van der Waals surface area contributed by atoms with Crippen molar-refractivity contribution in [3.8, 4) is 0 Å². The third-order valence-corrected chi connectivity index (χ3v) is 4.80. The Morgan fingerprint density at radius 2 is 2.15 bits per heavy atom. The normalized spacial score (nSPS) is 36.9. The predicted molar refractivity (Wildman–Crippen MR) is 60.2 cm³/mol. The second kappa shape index (κ2) is 3.47. The highest BCUT2D eigenvalue weighted by atomic mass is 32.2. The van der Waals surface area contributed by atoms with Crippen molar-refractivity contribution in [3.05, 3.63) is 0 Å². The van der Waals surface area contributed by atoms with E-state index in [1.807, 2.05) is 0 Å². The van der Waals surface area contributed by atoms with Gasteiger partial charge in [0.25, 0.3) is 0 Å². The zero-order valence-corrected chi connectivity index (χ0v) is 9.86. The van der Waals surface area contributed by atoms with Crippen molar-refractivity contribution in [3.63, 3.8) is 0 Å². The summed E-state index contributed by atoms with van der Waals surface area (Å²) >= 11 is 2.13. The summed E-state index contributed by atoms with van der Waals surface area (Å²) in [5, 5.41) is 0. The molecule has 2 atom stereocenters. The lowest BCUT2D eigenvalue weighted by Crippen LogP contribution is -2.30. The van der Waals surface area contributed by atoms with E-state index >= 15 is 0 Å². The van der Waals surface area contributed by atoms with Crippen LogP contribution in [0.1, 0.15) is 26.7 Å². The van der Waals surface area contributed by atoms with E-state index in [2.05, 4.69) is 37.6 Å². The van der Waals surface area contributed by atoms with Crippen molar-refractivity contribution in [2.75, 3.05) is 25.1 Å². The third kappa shape index (κ3) is 2.21. The lowest BCUT2D eigenvalue weighted by molar-refractivity contribution is 0.252. The zero-order chi connectivity index (χ0) is 9.47. The SMILES string of the molecule is CN(CC1CCSC1)C1CC1(C)C. The van der Waals surface area contributed by atoms with Gasteiger partial charge in [-0.25, -0.2) is 0 Å². The van der Waals surface area contributed by atoms with Crippen LogP contribution in [-0.2, 0) is 0 Å². The van der Waals surface area contributed by atoms with E-state index in [4.69, 9.17) is 0 Å². The molecule has 0 radical (unpaired) electrons. The van der Waals surface area contributed by atoms with E-state index in [1.54, 1.807) is 0 Å². The average molecular weight is 199 g/mol. The summed E-state index contributed by atoms with van der Waals surface area (Å²) in [6.45, 7) is 6.11. The van der Waals surface area contributed by atoms with Crippen molar-refractivity contribution in [1.29, 1.82) is 0 Å². The molecule has 1 aliphatic heterocycles. The second-order valence-corrected chi connectivity index (χ2v) is 6.53. The smallest absolute Gasteiger partial charge is 0.0150 e. The molecule has 2 fully saturated rings. The van der Waals surface area contributed by atoms with Gasteiger partial charge in [-0.15, -0.1) is 0 Å². The van der Waals surface area contributed by atoms with E-state index in [-0.39, 0.29) is 0 Å². The van der Waals surface area contributed by atoms with Crippen LogP contribution in [-0.4, -0.2) is 36.0 Å². The van der Waals surface area contributed by atoms with Gasteiger partial charge in [0.05, 0.1) is 0 Å². The molecule has 2 aliphatic rings. The summed E-state index contributed by atoms with van der Waals surface area (Å²) in [5.74, 6) is 3.77. The molecule has 1 aliphatic carbocycles. The standard InChI is InChI=1S/C11H21NS/c1-11(2)6-10(11)12(3)7-9-4-5-13-8-9/h9-10H,4-8H2,1-3H3. The fraction of sp³-hybridized carbons (Fsp3) is 1.00. The fourth-order valence-corrected chi connectivity index (χ4v) is 3.73. The molecular weight excluding hydrogens is 178 g/mol. The molecule has 2 unspecified atom stereocenters. The van der Waals surface area contributed by atoms with Crippen LogP contribution < -0.4 is 0 Å². The lowest BCUT2D eigenvalue weighted by atomic mass is 10.1. The van der Waals surface area contributed by atoms with Gasteiger partial charge in [0.1, 0.15) is 0 Å². The van der Waals surface area contributed by atoms with Gasteiger partial charge in [-0.3, -0.25) is 0 Å². The highest BCUT2D eigenvalue weighted by Gasteiger charge is 2.48. The maximum absolute atomic E-state index is 2.59. The topological polar surface area (TPSA) is 3.24 Å². The first kappa shape index (κ1) is 9.85. The Labute approximate surface area is 86.3 Å². The molecule has 0 N–H and O–H groups in total. The van der Waals surface area contributed by atoms with Crippen LogP contribution in [0.25, 0.3) is 0 Å². The quantitative estimate of drug-likeness (QED) is 0.687. The molecule has 0 aromatic heterocycles. The molecule has 1 saturated heterocycles. The molecule has 1 nitrogen and oxygen atoms in total. The van der Waals surface area contributed by atoms with Crippen LogP contribution in [0.5, 0.6) is 0 Å². The Morgan fingerprint density at radius 3 is 2.62 bits per heavy atom. The second-order valence-electron chi connectivity index (χ2n) is 5.38. The van der Waals surface area contributed by atoms with Crippen molar-refractivity contribution >= 4 is 11.8 Å². The Balaban J connectivity index is 1.75. The van der Waals surface area contributed by atoms with Crippen LogP contribution in [0, 0.1) is 11.3 Å². The van der Waals surface area contributed by atoms with Gasteiger partial charge in [-0.05, 0) is 42.7 Å². The summed E-state index contributed by atoms with van der Waals surface area (Å²) in [7, 11) is 2.31. The summed E-state index contributed by atoms with van der Waals surface area (Å²) < 4.78 is 0. The molecule has 1 heterocycles. The monoisotopic (exact) mass is 199 g/mol. The van der Waals surface area contributed by atoms with E-state index in [0.29, 0.717) is 5.41 Å². The highest BCUT2D eigenvalue weighted by Crippen LogP contribution is 2.48. The van der Waals surface area contributed by atoms with Crippen molar-refractivity contribution in [2.45, 2.75) is 32.7 Å². The van der Waals surface area contributed by atoms with Crippen LogP contribution >= 0.6 is 11.8 Å². The van der Waals surface area contributed by atoms with Crippen LogP contribution in [0.3, 0.4) is 0 Å². The molecule has 0 aromatic carbocycles. The third-order valence-electron chi connectivity index (χ3n) is 3.56. The molecule has 1 saturated carbocycles. The molecule has 76 valence electrons. The van der Waals surface area contributed by atoms with Crippen LogP contribution in [0.2, 0.25) is 0 Å².